The van der Waals surface area contributed by atoms with Gasteiger partial charge in [0.25, 0.3) is 0 Å². The van der Waals surface area contributed by atoms with Crippen molar-refractivity contribution < 1.29 is 0 Å². The van der Waals surface area contributed by atoms with Gasteiger partial charge in [-0.1, -0.05) is 153 Å². The van der Waals surface area contributed by atoms with Gasteiger partial charge in [0, 0.05) is 44.4 Å². The molecule has 0 atom stereocenters. The van der Waals surface area contributed by atoms with Gasteiger partial charge < -0.3 is 9.47 Å². The van der Waals surface area contributed by atoms with E-state index in [-0.39, 0.29) is 10.8 Å². The average Bonchev–Trinajstić information content (AvgIpc) is 4.02. The molecule has 13 rings (SSSR count). The molecule has 0 saturated carbocycles. The van der Waals surface area contributed by atoms with Gasteiger partial charge in [-0.2, -0.15) is 0 Å². The van der Waals surface area contributed by atoms with Crippen molar-refractivity contribution in [2.45, 2.75) is 37.5 Å². The van der Waals surface area contributed by atoms with Crippen LogP contribution in [0.4, 0.5) is 17.1 Å². The van der Waals surface area contributed by atoms with E-state index in [1.807, 2.05) is 0 Å². The summed E-state index contributed by atoms with van der Waals surface area (Å²) < 4.78 is 2.39. The number of benzene rings is 9. The molecule has 0 aliphatic heterocycles. The highest BCUT2D eigenvalue weighted by molar-refractivity contribution is 6.10. The predicted molar refractivity (Wildman–Crippen MR) is 259 cm³/mol. The van der Waals surface area contributed by atoms with Gasteiger partial charge in [-0.05, 0) is 146 Å². The molecule has 0 amide bonds. The zero-order chi connectivity index (χ0) is 41.2. The molecule has 2 nitrogen and oxygen atoms in total. The Hall–Kier alpha value is -7.42. The van der Waals surface area contributed by atoms with E-state index in [2.05, 4.69) is 230 Å². The van der Waals surface area contributed by atoms with Crippen LogP contribution in [0.25, 0.3) is 60.9 Å². The lowest BCUT2D eigenvalue weighted by molar-refractivity contribution is 0.563. The second kappa shape index (κ2) is 13.0. The number of para-hydroxylation sites is 2. The van der Waals surface area contributed by atoms with Gasteiger partial charge in [0.15, 0.2) is 0 Å². The van der Waals surface area contributed by atoms with E-state index in [1.165, 1.54) is 99.9 Å². The van der Waals surface area contributed by atoms with Gasteiger partial charge in [0.1, 0.15) is 0 Å². The highest BCUT2D eigenvalue weighted by Gasteiger charge is 2.47. The molecule has 1 heterocycles. The molecular weight excluding hydrogens is 749 g/mol. The summed E-state index contributed by atoms with van der Waals surface area (Å²) >= 11 is 0. The Labute approximate surface area is 363 Å². The van der Waals surface area contributed by atoms with Crippen molar-refractivity contribution in [2.75, 3.05) is 4.90 Å². The molecular formula is C60H44N2. The first kappa shape index (κ1) is 35.3. The van der Waals surface area contributed by atoms with Crippen LogP contribution in [0.3, 0.4) is 0 Å². The highest BCUT2D eigenvalue weighted by Crippen LogP contribution is 2.57. The Morgan fingerprint density at radius 2 is 0.984 bits per heavy atom. The maximum absolute atomic E-state index is 2.53. The van der Waals surface area contributed by atoms with E-state index >= 15 is 0 Å². The van der Waals surface area contributed by atoms with Crippen LogP contribution in [0.2, 0.25) is 0 Å². The summed E-state index contributed by atoms with van der Waals surface area (Å²) in [5.41, 5.74) is 23.3. The van der Waals surface area contributed by atoms with Crippen molar-refractivity contribution in [1.29, 1.82) is 0 Å². The summed E-state index contributed by atoms with van der Waals surface area (Å²) in [4.78, 5) is 2.51. The number of nitrogens with zero attached hydrogens (tertiary/aromatic N) is 2. The molecule has 0 unspecified atom stereocenters. The normalized spacial score (nSPS) is 14.7. The number of hydrogen-bond donors (Lipinski definition) is 0. The SMILES string of the molecule is CC1(C)c2ccccc2-c2cc(N(c3cccc(-c4ccc5c(c4)c4ccccc4n5-c4ccccc4)c3)c3ccc4c(c3)C3(Cc5ccccc5C3)c3ccccc3-4)ccc21. The van der Waals surface area contributed by atoms with Crippen molar-refractivity contribution >= 4 is 38.9 Å². The number of hydrogen-bond acceptors (Lipinski definition) is 1. The van der Waals surface area contributed by atoms with E-state index in [0.717, 1.165) is 24.2 Å². The molecule has 2 heteroatoms. The van der Waals surface area contributed by atoms with Crippen molar-refractivity contribution in [3.8, 4) is 39.1 Å². The zero-order valence-electron chi connectivity index (χ0n) is 34.9. The molecule has 1 spiro atoms. The summed E-state index contributed by atoms with van der Waals surface area (Å²) in [6, 6.07) is 77.4. The minimum absolute atomic E-state index is 0.0688. The summed E-state index contributed by atoms with van der Waals surface area (Å²) in [5, 5.41) is 2.51. The van der Waals surface area contributed by atoms with Gasteiger partial charge >= 0.3 is 0 Å². The van der Waals surface area contributed by atoms with Crippen LogP contribution in [-0.2, 0) is 23.7 Å². The van der Waals surface area contributed by atoms with Gasteiger partial charge in [-0.25, -0.2) is 0 Å². The number of anilines is 3. The summed E-state index contributed by atoms with van der Waals surface area (Å²) in [7, 11) is 0. The van der Waals surface area contributed by atoms with Crippen molar-refractivity contribution in [3.05, 3.63) is 240 Å². The third-order valence-electron chi connectivity index (χ3n) is 14.6. The summed E-state index contributed by atoms with van der Waals surface area (Å²) in [5.74, 6) is 0. The third kappa shape index (κ3) is 4.98. The number of rotatable bonds is 5. The second-order valence-corrected chi connectivity index (χ2v) is 18.2. The fourth-order valence-corrected chi connectivity index (χ4v) is 11.7. The Balaban J connectivity index is 0.998. The summed E-state index contributed by atoms with van der Waals surface area (Å²) in [6.45, 7) is 4.73. The van der Waals surface area contributed by atoms with Gasteiger partial charge in [-0.15, -0.1) is 0 Å². The lowest BCUT2D eigenvalue weighted by Crippen LogP contribution is -2.26. The molecule has 294 valence electrons. The molecule has 0 bridgehead atoms. The van der Waals surface area contributed by atoms with E-state index in [9.17, 15) is 0 Å². The fraction of sp³-hybridized carbons (Fsp3) is 0.100. The van der Waals surface area contributed by atoms with Crippen molar-refractivity contribution in [2.24, 2.45) is 0 Å². The zero-order valence-corrected chi connectivity index (χ0v) is 34.9. The predicted octanol–water partition coefficient (Wildman–Crippen LogP) is 15.3. The first-order valence-corrected chi connectivity index (χ1v) is 22.0. The molecule has 62 heavy (non-hydrogen) atoms. The monoisotopic (exact) mass is 792 g/mol. The smallest absolute Gasteiger partial charge is 0.0541 e. The Morgan fingerprint density at radius 1 is 0.387 bits per heavy atom. The maximum Gasteiger partial charge on any atom is 0.0541 e. The van der Waals surface area contributed by atoms with Crippen LogP contribution < -0.4 is 4.90 Å². The lowest BCUT2D eigenvalue weighted by atomic mass is 9.75. The number of fused-ring (bicyclic) bond motifs is 12. The van der Waals surface area contributed by atoms with Crippen molar-refractivity contribution in [1.82, 2.24) is 4.57 Å². The fourth-order valence-electron chi connectivity index (χ4n) is 11.7. The minimum atomic E-state index is -0.103. The Morgan fingerprint density at radius 3 is 1.81 bits per heavy atom. The second-order valence-electron chi connectivity index (χ2n) is 18.2. The summed E-state index contributed by atoms with van der Waals surface area (Å²) in [6.07, 6.45) is 2.03. The van der Waals surface area contributed by atoms with Crippen LogP contribution in [0.5, 0.6) is 0 Å². The molecule has 3 aliphatic rings. The molecule has 0 saturated heterocycles. The highest BCUT2D eigenvalue weighted by atomic mass is 15.1. The molecule has 0 N–H and O–H groups in total. The minimum Gasteiger partial charge on any atom is -0.310 e. The number of aromatic nitrogens is 1. The van der Waals surface area contributed by atoms with E-state index in [1.54, 1.807) is 0 Å². The van der Waals surface area contributed by atoms with Gasteiger partial charge in [-0.3, -0.25) is 0 Å². The quantitative estimate of drug-likeness (QED) is 0.169. The van der Waals surface area contributed by atoms with E-state index in [0.29, 0.717) is 0 Å². The first-order valence-electron chi connectivity index (χ1n) is 22.0. The Kier molecular flexibility index (Phi) is 7.43. The molecule has 3 aliphatic carbocycles. The molecule has 9 aromatic carbocycles. The molecule has 1 aromatic heterocycles. The van der Waals surface area contributed by atoms with Crippen LogP contribution in [0.1, 0.15) is 47.2 Å². The van der Waals surface area contributed by atoms with Crippen molar-refractivity contribution in [3.63, 3.8) is 0 Å². The average molecular weight is 793 g/mol. The van der Waals surface area contributed by atoms with E-state index < -0.39 is 0 Å². The van der Waals surface area contributed by atoms with Gasteiger partial charge in [0.2, 0.25) is 0 Å². The van der Waals surface area contributed by atoms with Crippen LogP contribution in [0.15, 0.2) is 206 Å². The first-order chi connectivity index (χ1) is 30.5. The van der Waals surface area contributed by atoms with E-state index in [4.69, 9.17) is 0 Å². The Bertz CT molecular complexity index is 3430. The maximum atomic E-state index is 2.53. The molecule has 10 aromatic rings. The third-order valence-corrected chi connectivity index (χ3v) is 14.6. The van der Waals surface area contributed by atoms with Gasteiger partial charge in [0.05, 0.1) is 11.0 Å². The van der Waals surface area contributed by atoms with Crippen LogP contribution >= 0.6 is 0 Å². The van der Waals surface area contributed by atoms with Crippen LogP contribution in [0, 0.1) is 0 Å². The lowest BCUT2D eigenvalue weighted by Gasteiger charge is -2.31. The largest absolute Gasteiger partial charge is 0.310 e. The topological polar surface area (TPSA) is 8.17 Å². The van der Waals surface area contributed by atoms with Crippen LogP contribution in [-0.4, -0.2) is 4.57 Å². The standard InChI is InChI=1S/C60H44N2/c1-59(2)53-24-11-8-22-48(53)51-35-45(29-31-54(51)59)61(46-28-30-49-47-21-9-12-25-55(47)60(56(49)36-46)37-41-15-6-7-16-42(41)38-60)44-20-14-17-39(33-44)40-27-32-58-52(34-40)50-23-10-13-26-57(50)62(58)43-18-4-3-5-19-43/h3-36H,37-38H2,1-2H3. The molecule has 0 fully saturated rings. The molecule has 0 radical (unpaired) electrons.